The molecular weight excluding hydrogens is 388 g/mol. The average Bonchev–Trinajstić information content (AvgIpc) is 3.40. The van der Waals surface area contributed by atoms with Crippen molar-refractivity contribution in [3.8, 4) is 11.3 Å². The van der Waals surface area contributed by atoms with Crippen LogP contribution < -0.4 is 5.32 Å². The van der Waals surface area contributed by atoms with E-state index in [1.54, 1.807) is 17.0 Å². The first-order chi connectivity index (χ1) is 14.3. The van der Waals surface area contributed by atoms with Crippen LogP contribution in [0.25, 0.3) is 28.1 Å². The van der Waals surface area contributed by atoms with Gasteiger partial charge in [0.05, 0.1) is 18.2 Å². The lowest BCUT2D eigenvalue weighted by atomic mass is 10.1. The van der Waals surface area contributed by atoms with Gasteiger partial charge in [-0.3, -0.25) is 0 Å². The molecule has 4 heterocycles. The maximum Gasteiger partial charge on any atom is 0.182 e. The van der Waals surface area contributed by atoms with Gasteiger partial charge in [0, 0.05) is 17.7 Å². The summed E-state index contributed by atoms with van der Waals surface area (Å²) in [5, 5.41) is 8.51. The first-order valence-corrected chi connectivity index (χ1v) is 9.64. The Bertz CT molecular complexity index is 1250. The van der Waals surface area contributed by atoms with E-state index in [4.69, 9.17) is 16.7 Å². The van der Waals surface area contributed by atoms with Crippen LogP contribution in [0, 0.1) is 0 Å². The van der Waals surface area contributed by atoms with Gasteiger partial charge in [0.2, 0.25) is 0 Å². The molecule has 9 heteroatoms. The van der Waals surface area contributed by atoms with E-state index in [9.17, 15) is 0 Å². The van der Waals surface area contributed by atoms with Gasteiger partial charge < -0.3 is 10.3 Å². The van der Waals surface area contributed by atoms with Gasteiger partial charge in [-0.2, -0.15) is 5.10 Å². The smallest absolute Gasteiger partial charge is 0.182 e. The SMILES string of the molecule is CC.Clc1cnc2cc(CNc3ncnc4nc[nH]c34)c(-c3ccccc3)nn12. The number of nitrogens with one attached hydrogen (secondary N) is 2. The summed E-state index contributed by atoms with van der Waals surface area (Å²) in [6.45, 7) is 4.50. The Morgan fingerprint density at radius 1 is 1.07 bits per heavy atom. The van der Waals surface area contributed by atoms with Crippen LogP contribution in [0.15, 0.2) is 55.2 Å². The molecule has 0 bridgehead atoms. The zero-order chi connectivity index (χ0) is 20.2. The van der Waals surface area contributed by atoms with E-state index in [0.717, 1.165) is 22.3 Å². The highest BCUT2D eigenvalue weighted by Gasteiger charge is 2.13. The molecule has 0 amide bonds. The highest BCUT2D eigenvalue weighted by atomic mass is 35.5. The highest BCUT2D eigenvalue weighted by Crippen LogP contribution is 2.25. The quantitative estimate of drug-likeness (QED) is 0.460. The maximum absolute atomic E-state index is 6.20. The fourth-order valence-corrected chi connectivity index (χ4v) is 3.15. The second-order valence-electron chi connectivity index (χ2n) is 5.91. The molecule has 0 saturated heterocycles. The Kier molecular flexibility index (Phi) is 5.35. The summed E-state index contributed by atoms with van der Waals surface area (Å²) < 4.78 is 1.63. The van der Waals surface area contributed by atoms with Crippen LogP contribution in [0.3, 0.4) is 0 Å². The average molecular weight is 407 g/mol. The van der Waals surface area contributed by atoms with E-state index in [-0.39, 0.29) is 0 Å². The fraction of sp³-hybridized carbons (Fsp3) is 0.150. The van der Waals surface area contributed by atoms with Crippen LogP contribution in [-0.2, 0) is 6.54 Å². The number of aromatic amines is 1. The van der Waals surface area contributed by atoms with Gasteiger partial charge >= 0.3 is 0 Å². The fourth-order valence-electron chi connectivity index (χ4n) is 2.98. The Hall–Kier alpha value is -3.52. The zero-order valence-electron chi connectivity index (χ0n) is 16.0. The van der Waals surface area contributed by atoms with Crippen LogP contribution in [0.1, 0.15) is 19.4 Å². The predicted molar refractivity (Wildman–Crippen MR) is 114 cm³/mol. The molecule has 8 nitrogen and oxygen atoms in total. The van der Waals surface area contributed by atoms with Crippen molar-refractivity contribution in [2.45, 2.75) is 20.4 Å². The molecule has 146 valence electrons. The number of imidazole rings is 2. The molecule has 0 aliphatic carbocycles. The van der Waals surface area contributed by atoms with E-state index in [0.29, 0.717) is 28.8 Å². The third-order valence-electron chi connectivity index (χ3n) is 4.25. The summed E-state index contributed by atoms with van der Waals surface area (Å²) in [5.41, 5.74) is 4.86. The number of rotatable bonds is 4. The topological polar surface area (TPSA) is 96.7 Å². The molecule has 5 rings (SSSR count). The second kappa shape index (κ2) is 8.24. The molecule has 5 aromatic rings. The van der Waals surface area contributed by atoms with Crippen molar-refractivity contribution in [3.63, 3.8) is 0 Å². The number of benzene rings is 1. The number of anilines is 1. The molecule has 29 heavy (non-hydrogen) atoms. The Morgan fingerprint density at radius 2 is 1.90 bits per heavy atom. The predicted octanol–water partition coefficient (Wildman–Crippen LogP) is 4.35. The van der Waals surface area contributed by atoms with E-state index < -0.39 is 0 Å². The summed E-state index contributed by atoms with van der Waals surface area (Å²) in [6.07, 6.45) is 4.67. The van der Waals surface area contributed by atoms with Crippen LogP contribution in [0.2, 0.25) is 5.15 Å². The molecule has 0 aliphatic rings. The molecule has 0 unspecified atom stereocenters. The first kappa shape index (κ1) is 18.8. The lowest BCUT2D eigenvalue weighted by Gasteiger charge is -2.12. The summed E-state index contributed by atoms with van der Waals surface area (Å²) in [4.78, 5) is 20.0. The lowest BCUT2D eigenvalue weighted by Crippen LogP contribution is -2.07. The number of hydrogen-bond donors (Lipinski definition) is 2. The lowest BCUT2D eigenvalue weighted by molar-refractivity contribution is 0.922. The summed E-state index contributed by atoms with van der Waals surface area (Å²) in [5.74, 6) is 0.678. The van der Waals surface area contributed by atoms with E-state index in [1.165, 1.54) is 6.33 Å². The molecule has 4 aromatic heterocycles. The number of halogens is 1. The van der Waals surface area contributed by atoms with Crippen LogP contribution in [-0.4, -0.2) is 34.5 Å². The number of aromatic nitrogens is 7. The second-order valence-corrected chi connectivity index (χ2v) is 6.30. The Labute approximate surface area is 172 Å². The van der Waals surface area contributed by atoms with Gasteiger partial charge in [-0.1, -0.05) is 55.8 Å². The van der Waals surface area contributed by atoms with Gasteiger partial charge in [-0.15, -0.1) is 0 Å². The number of fused-ring (bicyclic) bond motifs is 2. The Morgan fingerprint density at radius 3 is 2.72 bits per heavy atom. The standard InChI is InChI=1S/C18H13ClN8.C2H6/c19-13-8-20-14-6-12(15(26-27(13)14)11-4-2-1-3-5-11)7-21-17-16-18(23-9-22-16)25-10-24-17;1-2/h1-6,8-10H,7H2,(H2,21,22,23,24,25);1-2H3. The molecule has 0 saturated carbocycles. The molecule has 0 aliphatic heterocycles. The van der Waals surface area contributed by atoms with E-state index in [2.05, 4.69) is 30.2 Å². The van der Waals surface area contributed by atoms with Crippen molar-refractivity contribution in [1.82, 2.24) is 34.5 Å². The van der Waals surface area contributed by atoms with Crippen LogP contribution >= 0.6 is 11.6 Å². The molecule has 2 N–H and O–H groups in total. The molecule has 0 atom stereocenters. The van der Waals surface area contributed by atoms with E-state index >= 15 is 0 Å². The van der Waals surface area contributed by atoms with E-state index in [1.807, 2.05) is 50.2 Å². The number of H-pyrrole nitrogens is 1. The van der Waals surface area contributed by atoms with Crippen LogP contribution in [0.5, 0.6) is 0 Å². The van der Waals surface area contributed by atoms with Crippen molar-refractivity contribution in [3.05, 3.63) is 66.0 Å². The van der Waals surface area contributed by atoms with Gasteiger partial charge in [-0.05, 0) is 6.07 Å². The monoisotopic (exact) mass is 406 g/mol. The minimum atomic E-state index is 0.469. The van der Waals surface area contributed by atoms with Gasteiger partial charge in [0.25, 0.3) is 0 Å². The number of hydrogen-bond acceptors (Lipinski definition) is 6. The summed E-state index contributed by atoms with van der Waals surface area (Å²) >= 11 is 6.20. The normalized spacial score (nSPS) is 10.7. The third kappa shape index (κ3) is 3.62. The number of nitrogens with zero attached hydrogens (tertiary/aromatic N) is 6. The van der Waals surface area contributed by atoms with Crippen molar-refractivity contribution in [1.29, 1.82) is 0 Å². The molecule has 0 fully saturated rings. The highest BCUT2D eigenvalue weighted by molar-refractivity contribution is 6.29. The molecule has 0 spiro atoms. The third-order valence-corrected chi connectivity index (χ3v) is 4.50. The Balaban J connectivity index is 0.000000994. The summed E-state index contributed by atoms with van der Waals surface area (Å²) in [6, 6.07) is 11.9. The molecule has 1 aromatic carbocycles. The van der Waals surface area contributed by atoms with Crippen molar-refractivity contribution in [2.24, 2.45) is 0 Å². The minimum Gasteiger partial charge on any atom is -0.364 e. The molecular formula is C20H19ClN8. The van der Waals surface area contributed by atoms with Gasteiger partial charge in [-0.25, -0.2) is 24.5 Å². The largest absolute Gasteiger partial charge is 0.364 e. The zero-order valence-corrected chi connectivity index (χ0v) is 16.7. The minimum absolute atomic E-state index is 0.469. The van der Waals surface area contributed by atoms with Crippen molar-refractivity contribution < 1.29 is 0 Å². The molecule has 0 radical (unpaired) electrons. The summed E-state index contributed by atoms with van der Waals surface area (Å²) in [7, 11) is 0. The van der Waals surface area contributed by atoms with Crippen LogP contribution in [0.4, 0.5) is 5.82 Å². The van der Waals surface area contributed by atoms with Gasteiger partial charge in [0.1, 0.15) is 11.8 Å². The van der Waals surface area contributed by atoms with Crippen molar-refractivity contribution >= 4 is 34.2 Å². The van der Waals surface area contributed by atoms with Crippen molar-refractivity contribution in [2.75, 3.05) is 5.32 Å². The van der Waals surface area contributed by atoms with Gasteiger partial charge in [0.15, 0.2) is 22.3 Å². The maximum atomic E-state index is 6.20. The first-order valence-electron chi connectivity index (χ1n) is 9.26.